The summed E-state index contributed by atoms with van der Waals surface area (Å²) in [6.45, 7) is -4.23. The molecule has 0 unspecified atom stereocenters. The first-order valence-corrected chi connectivity index (χ1v) is 12.6. The number of hydrogen-bond acceptors (Lipinski definition) is 1. The molecule has 0 spiro atoms. The van der Waals surface area contributed by atoms with E-state index in [1.807, 2.05) is 0 Å². The predicted octanol–water partition coefficient (Wildman–Crippen LogP) is 6.35. The van der Waals surface area contributed by atoms with Crippen LogP contribution in [0.1, 0.15) is 118 Å². The van der Waals surface area contributed by atoms with Gasteiger partial charge in [-0.15, -0.1) is 0 Å². The van der Waals surface area contributed by atoms with Crippen molar-refractivity contribution >= 4 is 14.1 Å². The third-order valence-electron chi connectivity index (χ3n) is 7.03. The lowest BCUT2D eigenvalue weighted by Gasteiger charge is -2.60. The van der Waals surface area contributed by atoms with Crippen molar-refractivity contribution in [3.63, 3.8) is 0 Å². The van der Waals surface area contributed by atoms with Gasteiger partial charge in [0.2, 0.25) is 0 Å². The minimum atomic E-state index is -2.94. The van der Waals surface area contributed by atoms with Crippen molar-refractivity contribution in [2.75, 3.05) is 0 Å². The molecular formula is C21H40BOP. The molecule has 0 aliphatic heterocycles. The van der Waals surface area contributed by atoms with Crippen molar-refractivity contribution in [3.8, 4) is 0 Å². The van der Waals surface area contributed by atoms with E-state index in [0.29, 0.717) is 17.0 Å². The first-order valence-electron chi connectivity index (χ1n) is 13.5. The number of rotatable bonds is 5. The van der Waals surface area contributed by atoms with Crippen LogP contribution < -0.4 is 0 Å². The van der Waals surface area contributed by atoms with Crippen LogP contribution in [0.2, 0.25) is 0 Å². The second-order valence-corrected chi connectivity index (χ2v) is 12.9. The largest absolute Gasteiger partial charge is 0.430 e. The number of hydrogen-bond donors (Lipinski definition) is 1. The van der Waals surface area contributed by atoms with Crippen LogP contribution in [0.15, 0.2) is 0 Å². The molecule has 3 aliphatic carbocycles. The summed E-state index contributed by atoms with van der Waals surface area (Å²) < 4.78 is 48.4. The van der Waals surface area contributed by atoms with Gasteiger partial charge in [-0.3, -0.25) is 0 Å². The Labute approximate surface area is 160 Å². The Morgan fingerprint density at radius 1 is 0.708 bits per heavy atom. The van der Waals surface area contributed by atoms with E-state index in [4.69, 9.17) is 8.22 Å². The van der Waals surface area contributed by atoms with Crippen molar-refractivity contribution in [2.45, 2.75) is 132 Å². The van der Waals surface area contributed by atoms with E-state index in [1.54, 1.807) is 7.00 Å². The maximum atomic E-state index is 11.5. The molecule has 1 nitrogen and oxygen atoms in total. The van der Waals surface area contributed by atoms with E-state index in [0.717, 1.165) is 77.0 Å². The Morgan fingerprint density at radius 2 is 1.04 bits per heavy atom. The lowest BCUT2D eigenvalue weighted by Crippen LogP contribution is -2.45. The molecule has 3 saturated carbocycles. The van der Waals surface area contributed by atoms with Gasteiger partial charge >= 0.3 is 0 Å². The molecule has 1 N–H and O–H groups in total. The third-order valence-corrected chi connectivity index (χ3v) is 13.2. The van der Waals surface area contributed by atoms with Crippen LogP contribution in [0.3, 0.4) is 0 Å². The lowest BCUT2D eigenvalue weighted by atomic mass is 9.84. The number of aliphatic hydroxyl groups is 1. The van der Waals surface area contributed by atoms with Crippen LogP contribution in [0.4, 0.5) is 0 Å². The predicted molar refractivity (Wildman–Crippen MR) is 110 cm³/mol. The molecule has 138 valence electrons. The fourth-order valence-corrected chi connectivity index (χ4v) is 13.0. The van der Waals surface area contributed by atoms with Crippen molar-refractivity contribution in [1.82, 2.24) is 0 Å². The van der Waals surface area contributed by atoms with Gasteiger partial charge in [-0.2, -0.15) is 7.14 Å². The van der Waals surface area contributed by atoms with Gasteiger partial charge in [0.1, 0.15) is 0 Å². The average Bonchev–Trinajstić information content (AvgIpc) is 2.72. The molecule has 0 aromatic rings. The SMILES string of the molecule is [2H]C([2H])([2H])C(O)([B-][P+](C1CCCCC1)(C1CCCCC1)C1CCCCC1)C([2H])([2H])[2H]. The van der Waals surface area contributed by atoms with Gasteiger partial charge in [0, 0.05) is 25.2 Å². The summed E-state index contributed by atoms with van der Waals surface area (Å²) in [6, 6.07) is 0. The van der Waals surface area contributed by atoms with E-state index in [-0.39, 0.29) is 0 Å². The van der Waals surface area contributed by atoms with Gasteiger partial charge in [-0.25, -0.2) is 0 Å². The fraction of sp³-hybridized carbons (Fsp3) is 1.00. The zero-order valence-corrected chi connectivity index (χ0v) is 16.2. The zero-order valence-electron chi connectivity index (χ0n) is 21.3. The Hall–Kier alpha value is 0.455. The molecule has 0 heterocycles. The third kappa shape index (κ3) is 4.40. The molecule has 0 saturated heterocycles. The molecule has 3 aliphatic rings. The summed E-state index contributed by atoms with van der Waals surface area (Å²) in [6.07, 6.45) is 17.0. The normalized spacial score (nSPS) is 31.4. The first kappa shape index (κ1) is 12.8. The van der Waals surface area contributed by atoms with Gasteiger partial charge in [-0.1, -0.05) is 38.5 Å². The highest BCUT2D eigenvalue weighted by Crippen LogP contribution is 2.76. The maximum Gasteiger partial charge on any atom is 0.0257 e. The minimum Gasteiger partial charge on any atom is -0.430 e. The van der Waals surface area contributed by atoms with Crippen LogP contribution >= 0.6 is 7.14 Å². The summed E-state index contributed by atoms with van der Waals surface area (Å²) in [4.78, 5) is 0. The van der Waals surface area contributed by atoms with Gasteiger partial charge in [0.05, 0.1) is 0 Å². The van der Waals surface area contributed by atoms with E-state index in [2.05, 4.69) is 0 Å². The Bertz CT molecular complexity index is 489. The Morgan fingerprint density at radius 3 is 1.33 bits per heavy atom. The van der Waals surface area contributed by atoms with Crippen LogP contribution in [0.5, 0.6) is 0 Å². The standard InChI is InChI=1S/C21H40BOP/c1-21(2,23)22-24(18-12-6-3-7-13-18,19-14-8-4-9-15-19)20-16-10-5-11-17-20/h18-20,23H,3-17H2,1-2H3/i1D3,2D3. The van der Waals surface area contributed by atoms with Gasteiger partial charge < -0.3 is 5.11 Å². The molecule has 3 heteroatoms. The van der Waals surface area contributed by atoms with Crippen molar-refractivity contribution in [1.29, 1.82) is 0 Å². The first-order chi connectivity index (χ1) is 14.0. The summed E-state index contributed by atoms with van der Waals surface area (Å²) in [7, 11) is -2.13. The fourth-order valence-electron chi connectivity index (χ4n) is 6.12. The van der Waals surface area contributed by atoms with E-state index >= 15 is 0 Å². The van der Waals surface area contributed by atoms with Gasteiger partial charge in [0.15, 0.2) is 0 Å². The van der Waals surface area contributed by atoms with Crippen LogP contribution in [-0.2, 0) is 0 Å². The molecule has 0 aromatic heterocycles. The Kier molecular flexibility index (Phi) is 4.49. The van der Waals surface area contributed by atoms with E-state index in [1.165, 1.54) is 19.3 Å². The monoisotopic (exact) mass is 356 g/mol. The van der Waals surface area contributed by atoms with Crippen molar-refractivity contribution in [3.05, 3.63) is 0 Å². The topological polar surface area (TPSA) is 20.2 Å². The highest BCUT2D eigenvalue weighted by Gasteiger charge is 2.49. The van der Waals surface area contributed by atoms with Crippen LogP contribution in [-0.4, -0.2) is 34.6 Å². The molecule has 3 rings (SSSR count). The molecule has 2 radical (unpaired) electrons. The second kappa shape index (κ2) is 8.43. The van der Waals surface area contributed by atoms with E-state index in [9.17, 15) is 5.11 Å². The summed E-state index contributed by atoms with van der Waals surface area (Å²) in [5, 5.41) is 11.5. The highest BCUT2D eigenvalue weighted by molar-refractivity contribution is 8.02. The highest BCUT2D eigenvalue weighted by atomic mass is 31.2. The molecule has 0 amide bonds. The van der Waals surface area contributed by atoms with Crippen molar-refractivity contribution in [2.24, 2.45) is 0 Å². The van der Waals surface area contributed by atoms with Crippen LogP contribution in [0.25, 0.3) is 0 Å². The van der Waals surface area contributed by atoms with Gasteiger partial charge in [-0.05, 0) is 84.0 Å². The van der Waals surface area contributed by atoms with Crippen molar-refractivity contribution < 1.29 is 13.3 Å². The second-order valence-electron chi connectivity index (χ2n) is 8.67. The molecular weight excluding hydrogens is 310 g/mol. The van der Waals surface area contributed by atoms with Gasteiger partial charge in [0.25, 0.3) is 0 Å². The summed E-state index contributed by atoms with van der Waals surface area (Å²) >= 11 is 0. The molecule has 0 bridgehead atoms. The maximum absolute atomic E-state index is 11.5. The minimum absolute atomic E-state index is 0.397. The van der Waals surface area contributed by atoms with Crippen LogP contribution in [0, 0.1) is 0 Å². The summed E-state index contributed by atoms with van der Waals surface area (Å²) in [5.74, 6) is 0. The molecule has 0 atom stereocenters. The zero-order chi connectivity index (χ0) is 22.0. The lowest BCUT2D eigenvalue weighted by molar-refractivity contribution is 0.168. The van der Waals surface area contributed by atoms with E-state index < -0.39 is 26.3 Å². The quantitative estimate of drug-likeness (QED) is 0.449. The molecule has 24 heavy (non-hydrogen) atoms. The Balaban J connectivity index is 2.12. The smallest absolute Gasteiger partial charge is 0.0257 e. The molecule has 3 fully saturated rings. The molecule has 0 aromatic carbocycles. The average molecular weight is 356 g/mol. The summed E-state index contributed by atoms with van der Waals surface area (Å²) in [5.41, 5.74) is -1.52.